The number of alkyl halides is 1. The van der Waals surface area contributed by atoms with Crippen LogP contribution in [0.5, 0.6) is 0 Å². The number of thioether (sulfide) groups is 1. The third-order valence-electron chi connectivity index (χ3n) is 3.13. The van der Waals surface area contributed by atoms with Gasteiger partial charge in [0, 0.05) is 13.1 Å². The number of amides is 2. The minimum absolute atomic E-state index is 0.0311. The van der Waals surface area contributed by atoms with Gasteiger partial charge in [0.05, 0.1) is 27.4 Å². The molecule has 1 rings (SSSR count). The molecule has 3 atom stereocenters. The number of hydrogen-bond acceptors (Lipinski definition) is 6. The number of ether oxygens (including phenoxy) is 1. The maximum atomic E-state index is 11.7. The quantitative estimate of drug-likeness (QED) is 0.357. The zero-order chi connectivity index (χ0) is 17.2. The Morgan fingerprint density at radius 3 is 2.83 bits per heavy atom. The van der Waals surface area contributed by atoms with Crippen molar-refractivity contribution in [2.24, 2.45) is 10.9 Å². The zero-order valence-corrected chi connectivity index (χ0v) is 16.3. The molecule has 0 aromatic rings. The topological polar surface area (TPSA) is 100 Å². The van der Waals surface area contributed by atoms with Crippen LogP contribution in [0.1, 0.15) is 20.3 Å². The Bertz CT molecular complexity index is 415. The van der Waals surface area contributed by atoms with E-state index in [2.05, 4.69) is 38.2 Å². The van der Waals surface area contributed by atoms with E-state index in [0.717, 1.165) is 0 Å². The number of rotatable bonds is 9. The van der Waals surface area contributed by atoms with Gasteiger partial charge in [-0.2, -0.15) is 0 Å². The van der Waals surface area contributed by atoms with Crippen molar-refractivity contribution in [3.05, 3.63) is 0 Å². The van der Waals surface area contributed by atoms with E-state index in [1.54, 1.807) is 5.55 Å². The molecule has 0 aliphatic carbocycles. The molecule has 0 bridgehead atoms. The Balaban J connectivity index is 2.05. The Morgan fingerprint density at radius 1 is 1.48 bits per heavy atom. The Kier molecular flexibility index (Phi) is 9.88. The first-order chi connectivity index (χ1) is 10.9. The smallest absolute Gasteiger partial charge is 0.407 e. The summed E-state index contributed by atoms with van der Waals surface area (Å²) >= 11 is 3.65. The fraction of sp³-hybridized carbons (Fsp3) is 0.786. The number of nitrogens with one attached hydrogen (secondary N) is 2. The van der Waals surface area contributed by atoms with Crippen LogP contribution in [0.25, 0.3) is 0 Å². The van der Waals surface area contributed by atoms with Crippen LogP contribution in [-0.2, 0) is 9.53 Å². The minimum atomic E-state index is -0.723. The second-order valence-electron chi connectivity index (χ2n) is 5.59. The van der Waals surface area contributed by atoms with Gasteiger partial charge in [0.2, 0.25) is 5.91 Å². The largest absolute Gasteiger partial charge is 0.448 e. The molecule has 0 fully saturated rings. The molecule has 0 saturated carbocycles. The third-order valence-corrected chi connectivity index (χ3v) is 6.08. The van der Waals surface area contributed by atoms with Gasteiger partial charge in [-0.25, -0.2) is 4.79 Å². The third kappa shape index (κ3) is 8.75. The predicted molar refractivity (Wildman–Crippen MR) is 100 cm³/mol. The van der Waals surface area contributed by atoms with E-state index in [-0.39, 0.29) is 27.5 Å². The number of carbonyl (C=O) groups excluding carboxylic acids is 2. The maximum Gasteiger partial charge on any atom is 0.407 e. The second-order valence-corrected chi connectivity index (χ2v) is 8.08. The number of carbonyl (C=O) groups is 2. The van der Waals surface area contributed by atoms with E-state index in [9.17, 15) is 14.7 Å². The average Bonchev–Trinajstić information content (AvgIpc) is 3.03. The molecular weight excluding hydrogens is 433 g/mol. The van der Waals surface area contributed by atoms with E-state index in [1.807, 2.05) is 13.8 Å². The Hall–Kier alpha value is -0.550. The van der Waals surface area contributed by atoms with Crippen LogP contribution in [0, 0.1) is 5.92 Å². The molecule has 9 heteroatoms. The van der Waals surface area contributed by atoms with Crippen molar-refractivity contribution in [2.75, 3.05) is 26.2 Å². The van der Waals surface area contributed by atoms with Gasteiger partial charge in [0.25, 0.3) is 0 Å². The first-order valence-corrected chi connectivity index (χ1v) is 9.73. The normalized spacial score (nSPS) is 19.4. The van der Waals surface area contributed by atoms with Gasteiger partial charge in [-0.05, 0) is 12.3 Å². The predicted octanol–water partition coefficient (Wildman–Crippen LogP) is 1.18. The highest BCUT2D eigenvalue weighted by Gasteiger charge is 2.18. The van der Waals surface area contributed by atoms with Crippen LogP contribution in [0.2, 0.25) is 0 Å². The molecule has 0 radical (unpaired) electrons. The Morgan fingerprint density at radius 2 is 2.22 bits per heavy atom. The summed E-state index contributed by atoms with van der Waals surface area (Å²) in [5.74, 6) is 0.233. The average molecular weight is 457 g/mol. The lowest BCUT2D eigenvalue weighted by Crippen LogP contribution is -2.38. The van der Waals surface area contributed by atoms with Gasteiger partial charge in [-0.3, -0.25) is 9.79 Å². The number of aliphatic hydroxyl groups excluding tert-OH is 1. The van der Waals surface area contributed by atoms with Gasteiger partial charge >= 0.3 is 6.09 Å². The van der Waals surface area contributed by atoms with Crippen LogP contribution in [0.4, 0.5) is 4.79 Å². The summed E-state index contributed by atoms with van der Waals surface area (Å²) in [7, 11) is 0. The van der Waals surface area contributed by atoms with Crippen molar-refractivity contribution in [3.63, 3.8) is 0 Å². The summed E-state index contributed by atoms with van der Waals surface area (Å²) in [6.45, 7) is 5.40. The van der Waals surface area contributed by atoms with E-state index in [4.69, 9.17) is 4.74 Å². The molecule has 0 aromatic heterocycles. The number of hydrogen-bond donors (Lipinski definition) is 3. The fourth-order valence-electron chi connectivity index (χ4n) is 1.71. The highest BCUT2D eigenvalue weighted by Crippen LogP contribution is 2.14. The van der Waals surface area contributed by atoms with Crippen molar-refractivity contribution in [2.45, 2.75) is 35.5 Å². The Labute approximate surface area is 154 Å². The number of alkyl carbamates (subject to hydrolysis) is 1. The fourth-order valence-corrected chi connectivity index (χ4v) is 2.59. The van der Waals surface area contributed by atoms with Gasteiger partial charge in [0.15, 0.2) is 0 Å². The first kappa shape index (κ1) is 20.5. The van der Waals surface area contributed by atoms with E-state index >= 15 is 0 Å². The van der Waals surface area contributed by atoms with Crippen molar-refractivity contribution in [1.29, 1.82) is 0 Å². The zero-order valence-electron chi connectivity index (χ0n) is 13.3. The lowest BCUT2D eigenvalue weighted by molar-refractivity contribution is -0.120. The number of halogens is 1. The highest BCUT2D eigenvalue weighted by molar-refractivity contribution is 14.1. The van der Waals surface area contributed by atoms with Crippen LogP contribution in [0.3, 0.4) is 0 Å². The number of aliphatic hydroxyl groups is 1. The van der Waals surface area contributed by atoms with Crippen LogP contribution in [0.15, 0.2) is 4.99 Å². The highest BCUT2D eigenvalue weighted by atomic mass is 127. The minimum Gasteiger partial charge on any atom is -0.448 e. The van der Waals surface area contributed by atoms with Gasteiger partial charge in [-0.15, -0.1) is 11.8 Å². The molecule has 7 nitrogen and oxygen atoms in total. The summed E-state index contributed by atoms with van der Waals surface area (Å²) in [6.07, 6.45) is -0.897. The summed E-state index contributed by atoms with van der Waals surface area (Å²) < 4.78 is 4.96. The van der Waals surface area contributed by atoms with Crippen molar-refractivity contribution in [3.8, 4) is 0 Å². The lowest BCUT2D eigenvalue weighted by Gasteiger charge is -2.16. The first-order valence-electron chi connectivity index (χ1n) is 7.54. The summed E-state index contributed by atoms with van der Waals surface area (Å²) in [5, 5.41) is 15.3. The molecule has 0 spiro atoms. The monoisotopic (exact) mass is 457 g/mol. The van der Waals surface area contributed by atoms with E-state index in [1.165, 1.54) is 11.8 Å². The molecule has 0 saturated heterocycles. The molecule has 2 amide bonds. The van der Waals surface area contributed by atoms with Gasteiger partial charge < -0.3 is 20.5 Å². The van der Waals surface area contributed by atoms with Crippen molar-refractivity contribution < 1.29 is 19.4 Å². The number of nitrogens with zero attached hydrogens (tertiary/aromatic N) is 1. The van der Waals surface area contributed by atoms with Crippen molar-refractivity contribution in [1.82, 2.24) is 10.6 Å². The molecule has 3 N–H and O–H groups in total. The van der Waals surface area contributed by atoms with Gasteiger partial charge in [0.1, 0.15) is 6.61 Å². The molecule has 1 aliphatic heterocycles. The maximum absolute atomic E-state index is 11.7. The molecule has 23 heavy (non-hydrogen) atoms. The molecule has 1 aliphatic rings. The molecular formula is C14H24IN3O4S. The number of aliphatic imine (C=N–C) groups is 1. The second kappa shape index (κ2) is 11.1. The summed E-state index contributed by atoms with van der Waals surface area (Å²) in [6, 6.07) is 0. The van der Waals surface area contributed by atoms with Crippen LogP contribution < -0.4 is 10.6 Å². The molecule has 0 aromatic carbocycles. The molecule has 132 valence electrons. The standard InChI is InChI=1S/C14H24IN3O4S/c1-9(2)12(15)13(20)17-4-3-10(19)5-18-14(21)22-7-11-6-16-8-23-11/h8-12,19H,3-7H2,1-2H3,(H,17,20)(H,18,21). The van der Waals surface area contributed by atoms with Crippen LogP contribution in [-0.4, -0.2) is 64.2 Å². The summed E-state index contributed by atoms with van der Waals surface area (Å²) in [4.78, 5) is 27.3. The molecule has 1 heterocycles. The summed E-state index contributed by atoms with van der Waals surface area (Å²) in [5.41, 5.74) is 1.75. The molecule has 3 unspecified atom stereocenters. The lowest BCUT2D eigenvalue weighted by atomic mass is 10.1. The SMILES string of the molecule is CC(C)C(I)C(=O)NCCC(O)CNC(=O)OCC1CN=CS1. The van der Waals surface area contributed by atoms with Gasteiger partial charge in [-0.1, -0.05) is 36.4 Å². The van der Waals surface area contributed by atoms with Crippen LogP contribution >= 0.6 is 34.4 Å². The van der Waals surface area contributed by atoms with Crippen molar-refractivity contribution >= 4 is 51.9 Å². The van der Waals surface area contributed by atoms with E-state index < -0.39 is 12.2 Å². The van der Waals surface area contributed by atoms with E-state index in [0.29, 0.717) is 26.1 Å².